The molecular formula is C29H34N2O2. The zero-order valence-corrected chi connectivity index (χ0v) is 20.0. The maximum absolute atomic E-state index is 13.7. The average Bonchev–Trinajstić information content (AvgIpc) is 2.78. The van der Waals surface area contributed by atoms with Gasteiger partial charge in [0.15, 0.2) is 0 Å². The first-order chi connectivity index (χ1) is 15.8. The Balaban J connectivity index is 1.96. The van der Waals surface area contributed by atoms with E-state index in [0.717, 1.165) is 27.8 Å². The molecule has 3 rings (SSSR count). The minimum atomic E-state index is -0.603. The van der Waals surface area contributed by atoms with Gasteiger partial charge in [-0.15, -0.1) is 0 Å². The number of amides is 2. The van der Waals surface area contributed by atoms with Gasteiger partial charge in [0.2, 0.25) is 11.8 Å². The Kier molecular flexibility index (Phi) is 8.42. The van der Waals surface area contributed by atoms with Crippen molar-refractivity contribution in [3.8, 4) is 0 Å². The fraction of sp³-hybridized carbons (Fsp3) is 0.310. The third-order valence-electron chi connectivity index (χ3n) is 5.61. The lowest BCUT2D eigenvalue weighted by atomic mass is 10.0. The largest absolute Gasteiger partial charge is 0.352 e. The molecule has 3 aromatic carbocycles. The number of carbonyl (C=O) groups is 2. The lowest BCUT2D eigenvalue weighted by Gasteiger charge is -2.32. The van der Waals surface area contributed by atoms with Crippen molar-refractivity contribution in [3.63, 3.8) is 0 Å². The Morgan fingerprint density at radius 3 is 2.09 bits per heavy atom. The molecule has 3 aromatic rings. The second-order valence-corrected chi connectivity index (χ2v) is 9.04. The third-order valence-corrected chi connectivity index (χ3v) is 5.61. The molecular weight excluding hydrogens is 408 g/mol. The quantitative estimate of drug-likeness (QED) is 0.506. The minimum Gasteiger partial charge on any atom is -0.352 e. The molecule has 2 amide bonds. The summed E-state index contributed by atoms with van der Waals surface area (Å²) < 4.78 is 0. The zero-order chi connectivity index (χ0) is 23.8. The van der Waals surface area contributed by atoms with Crippen LogP contribution in [0.25, 0.3) is 0 Å². The number of hydrogen-bond donors (Lipinski definition) is 1. The molecule has 0 saturated heterocycles. The standard InChI is InChI=1S/C29H34N2O2/c1-21(2)30-29(33)27(18-24-10-6-5-7-11-24)31(20-26-12-8-9-23(4)17-26)28(32)19-25-15-13-22(3)14-16-25/h5-17,21,27H,18-20H2,1-4H3,(H,30,33)/t27-/m0/s1. The highest BCUT2D eigenvalue weighted by molar-refractivity contribution is 5.89. The topological polar surface area (TPSA) is 49.4 Å². The smallest absolute Gasteiger partial charge is 0.243 e. The van der Waals surface area contributed by atoms with E-state index in [0.29, 0.717) is 13.0 Å². The number of hydrogen-bond acceptors (Lipinski definition) is 2. The van der Waals surface area contributed by atoms with Crippen LogP contribution in [0.2, 0.25) is 0 Å². The molecule has 0 spiro atoms. The van der Waals surface area contributed by atoms with Gasteiger partial charge >= 0.3 is 0 Å². The first-order valence-corrected chi connectivity index (χ1v) is 11.6. The van der Waals surface area contributed by atoms with Crippen LogP contribution in [0.5, 0.6) is 0 Å². The number of aryl methyl sites for hydroxylation is 2. The predicted molar refractivity (Wildman–Crippen MR) is 134 cm³/mol. The van der Waals surface area contributed by atoms with Gasteiger partial charge in [-0.1, -0.05) is 90.0 Å². The lowest BCUT2D eigenvalue weighted by Crippen LogP contribution is -2.52. The molecule has 0 heterocycles. The monoisotopic (exact) mass is 442 g/mol. The molecule has 4 nitrogen and oxygen atoms in total. The van der Waals surface area contributed by atoms with Crippen LogP contribution in [-0.2, 0) is 29.0 Å². The summed E-state index contributed by atoms with van der Waals surface area (Å²) in [6, 6.07) is 25.4. The third kappa shape index (κ3) is 7.31. The van der Waals surface area contributed by atoms with Gasteiger partial charge in [0.25, 0.3) is 0 Å². The van der Waals surface area contributed by atoms with E-state index >= 15 is 0 Å². The highest BCUT2D eigenvalue weighted by Gasteiger charge is 2.30. The summed E-state index contributed by atoms with van der Waals surface area (Å²) in [5.74, 6) is -0.182. The number of benzene rings is 3. The number of nitrogens with zero attached hydrogens (tertiary/aromatic N) is 1. The summed E-state index contributed by atoms with van der Waals surface area (Å²) in [6.07, 6.45) is 0.719. The van der Waals surface area contributed by atoms with Crippen molar-refractivity contribution in [2.24, 2.45) is 0 Å². The van der Waals surface area contributed by atoms with Gasteiger partial charge in [-0.05, 0) is 44.4 Å². The van der Waals surface area contributed by atoms with Gasteiger partial charge in [-0.2, -0.15) is 0 Å². The number of carbonyl (C=O) groups excluding carboxylic acids is 2. The average molecular weight is 443 g/mol. The maximum Gasteiger partial charge on any atom is 0.243 e. The summed E-state index contributed by atoms with van der Waals surface area (Å²) in [5, 5.41) is 3.03. The summed E-state index contributed by atoms with van der Waals surface area (Å²) in [4.78, 5) is 28.8. The molecule has 0 aliphatic carbocycles. The predicted octanol–water partition coefficient (Wildman–Crippen LogP) is 5.01. The van der Waals surface area contributed by atoms with Gasteiger partial charge in [0.1, 0.15) is 6.04 Å². The summed E-state index contributed by atoms with van der Waals surface area (Å²) >= 11 is 0. The van der Waals surface area contributed by atoms with E-state index in [1.807, 2.05) is 100 Å². The molecule has 0 aliphatic rings. The second kappa shape index (κ2) is 11.5. The first-order valence-electron chi connectivity index (χ1n) is 11.6. The van der Waals surface area contributed by atoms with Crippen molar-refractivity contribution in [2.45, 2.75) is 59.2 Å². The Bertz CT molecular complexity index is 1060. The maximum atomic E-state index is 13.7. The van der Waals surface area contributed by atoms with E-state index in [1.54, 1.807) is 4.90 Å². The van der Waals surface area contributed by atoms with Crippen LogP contribution in [-0.4, -0.2) is 28.8 Å². The summed E-state index contributed by atoms with van der Waals surface area (Å²) in [7, 11) is 0. The van der Waals surface area contributed by atoms with E-state index in [2.05, 4.69) is 11.4 Å². The molecule has 0 radical (unpaired) electrons. The molecule has 1 atom stereocenters. The fourth-order valence-corrected chi connectivity index (χ4v) is 3.92. The van der Waals surface area contributed by atoms with E-state index in [1.165, 1.54) is 0 Å². The second-order valence-electron chi connectivity index (χ2n) is 9.04. The van der Waals surface area contributed by atoms with Gasteiger partial charge in [-0.25, -0.2) is 0 Å². The van der Waals surface area contributed by atoms with Crippen LogP contribution in [0, 0.1) is 13.8 Å². The highest BCUT2D eigenvalue weighted by Crippen LogP contribution is 2.18. The zero-order valence-electron chi connectivity index (χ0n) is 20.0. The van der Waals surface area contributed by atoms with Crippen molar-refractivity contribution in [1.29, 1.82) is 0 Å². The molecule has 1 N–H and O–H groups in total. The van der Waals surface area contributed by atoms with Gasteiger partial charge < -0.3 is 10.2 Å². The summed E-state index contributed by atoms with van der Waals surface area (Å²) in [6.45, 7) is 8.33. The molecule has 0 aromatic heterocycles. The van der Waals surface area contributed by atoms with Gasteiger partial charge in [-0.3, -0.25) is 9.59 Å². The Labute approximate surface area is 197 Å². The van der Waals surface area contributed by atoms with E-state index in [4.69, 9.17) is 0 Å². The van der Waals surface area contributed by atoms with Gasteiger partial charge in [0, 0.05) is 19.0 Å². The van der Waals surface area contributed by atoms with Crippen molar-refractivity contribution >= 4 is 11.8 Å². The normalized spacial score (nSPS) is 11.8. The van der Waals surface area contributed by atoms with Crippen molar-refractivity contribution in [3.05, 3.63) is 107 Å². The Morgan fingerprint density at radius 2 is 1.45 bits per heavy atom. The van der Waals surface area contributed by atoms with Crippen LogP contribution in [0.4, 0.5) is 0 Å². The van der Waals surface area contributed by atoms with Crippen LogP contribution < -0.4 is 5.32 Å². The molecule has 172 valence electrons. The molecule has 0 bridgehead atoms. The van der Waals surface area contributed by atoms with Crippen LogP contribution >= 0.6 is 0 Å². The van der Waals surface area contributed by atoms with E-state index in [9.17, 15) is 9.59 Å². The van der Waals surface area contributed by atoms with Gasteiger partial charge in [0.05, 0.1) is 6.42 Å². The Hall–Kier alpha value is -3.40. The van der Waals surface area contributed by atoms with Crippen LogP contribution in [0.1, 0.15) is 41.7 Å². The molecule has 4 heteroatoms. The number of rotatable bonds is 9. The summed E-state index contributed by atoms with van der Waals surface area (Å²) in [5.41, 5.74) is 5.27. The highest BCUT2D eigenvalue weighted by atomic mass is 16.2. The molecule has 0 aliphatic heterocycles. The molecule has 0 fully saturated rings. The van der Waals surface area contributed by atoms with Crippen molar-refractivity contribution in [2.75, 3.05) is 0 Å². The van der Waals surface area contributed by atoms with E-state index < -0.39 is 6.04 Å². The molecule has 33 heavy (non-hydrogen) atoms. The van der Waals surface area contributed by atoms with Crippen LogP contribution in [0.15, 0.2) is 78.9 Å². The van der Waals surface area contributed by atoms with E-state index in [-0.39, 0.29) is 24.3 Å². The first kappa shape index (κ1) is 24.2. The lowest BCUT2D eigenvalue weighted by molar-refractivity contribution is -0.141. The van der Waals surface area contributed by atoms with Crippen molar-refractivity contribution < 1.29 is 9.59 Å². The number of nitrogens with one attached hydrogen (secondary N) is 1. The van der Waals surface area contributed by atoms with Crippen molar-refractivity contribution in [1.82, 2.24) is 10.2 Å². The molecule has 0 unspecified atom stereocenters. The Morgan fingerprint density at radius 1 is 0.788 bits per heavy atom. The van der Waals surface area contributed by atoms with Crippen LogP contribution in [0.3, 0.4) is 0 Å². The fourth-order valence-electron chi connectivity index (χ4n) is 3.92. The minimum absolute atomic E-state index is 0.0104. The molecule has 0 saturated carbocycles. The SMILES string of the molecule is Cc1ccc(CC(=O)N(Cc2cccc(C)c2)[C@@H](Cc2ccccc2)C(=O)NC(C)C)cc1.